The summed E-state index contributed by atoms with van der Waals surface area (Å²) < 4.78 is 24.7. The second kappa shape index (κ2) is 5.96. The van der Waals surface area contributed by atoms with Gasteiger partial charge in [0.15, 0.2) is 0 Å². The molecular weight excluding hydrogens is 272 g/mol. The van der Waals surface area contributed by atoms with Crippen molar-refractivity contribution in [2.45, 2.75) is 13.3 Å². The van der Waals surface area contributed by atoms with Crippen molar-refractivity contribution in [2.75, 3.05) is 16.3 Å². The third kappa shape index (κ3) is 4.28. The number of hydrogen-bond acceptors (Lipinski definition) is 3. The van der Waals surface area contributed by atoms with Crippen LogP contribution >= 0.6 is 0 Å². The van der Waals surface area contributed by atoms with Crippen LogP contribution in [0.5, 0.6) is 0 Å². The maximum Gasteiger partial charge on any atom is 0.229 e. The molecular formula is C15H18N2O2S. The topological polar surface area (TPSA) is 58.2 Å². The lowest BCUT2D eigenvalue weighted by Crippen LogP contribution is -2.09. The normalized spacial score (nSPS) is 11.1. The molecule has 0 radical (unpaired) electrons. The molecule has 2 aromatic rings. The number of rotatable bonds is 5. The lowest BCUT2D eigenvalue weighted by atomic mass is 10.1. The molecule has 0 bridgehead atoms. The molecule has 0 unspecified atom stereocenters. The van der Waals surface area contributed by atoms with Gasteiger partial charge >= 0.3 is 0 Å². The minimum atomic E-state index is -3.23. The summed E-state index contributed by atoms with van der Waals surface area (Å²) in [6.45, 7) is 2.12. The predicted molar refractivity (Wildman–Crippen MR) is 84.0 cm³/mol. The van der Waals surface area contributed by atoms with Gasteiger partial charge in [-0.05, 0) is 48.4 Å². The molecule has 0 aliphatic heterocycles. The minimum Gasteiger partial charge on any atom is -0.356 e. The van der Waals surface area contributed by atoms with Gasteiger partial charge in [-0.1, -0.05) is 19.1 Å². The van der Waals surface area contributed by atoms with Crippen LogP contribution in [0.2, 0.25) is 0 Å². The van der Waals surface area contributed by atoms with Crippen LogP contribution < -0.4 is 10.0 Å². The average Bonchev–Trinajstić information content (AvgIpc) is 2.40. The highest BCUT2D eigenvalue weighted by Crippen LogP contribution is 2.19. The average molecular weight is 290 g/mol. The van der Waals surface area contributed by atoms with Gasteiger partial charge in [-0.2, -0.15) is 0 Å². The maximum atomic E-state index is 11.1. The first-order valence-electron chi connectivity index (χ1n) is 6.40. The van der Waals surface area contributed by atoms with Gasteiger partial charge in [0.25, 0.3) is 0 Å². The highest BCUT2D eigenvalue weighted by molar-refractivity contribution is 7.92. The highest BCUT2D eigenvalue weighted by atomic mass is 32.2. The van der Waals surface area contributed by atoms with Gasteiger partial charge in [0.1, 0.15) is 0 Å². The standard InChI is InChI=1S/C15H18N2O2S/c1-3-12-4-6-13(7-5-12)16-14-8-10-15(11-9-14)17-20(2,18)19/h4-11,16-17H,3H2,1-2H3. The third-order valence-corrected chi connectivity index (χ3v) is 3.45. The zero-order valence-electron chi connectivity index (χ0n) is 11.6. The van der Waals surface area contributed by atoms with Crippen LogP contribution in [0, 0.1) is 0 Å². The van der Waals surface area contributed by atoms with Gasteiger partial charge < -0.3 is 5.32 Å². The molecule has 0 aliphatic rings. The van der Waals surface area contributed by atoms with Crippen molar-refractivity contribution >= 4 is 27.1 Å². The van der Waals surface area contributed by atoms with E-state index in [9.17, 15) is 8.42 Å². The number of aryl methyl sites for hydroxylation is 1. The van der Waals surface area contributed by atoms with Crippen molar-refractivity contribution in [1.82, 2.24) is 0 Å². The molecule has 5 heteroatoms. The van der Waals surface area contributed by atoms with Gasteiger partial charge in [0.2, 0.25) is 10.0 Å². The van der Waals surface area contributed by atoms with Gasteiger partial charge in [0, 0.05) is 17.1 Å². The molecule has 0 aromatic heterocycles. The van der Waals surface area contributed by atoms with Crippen molar-refractivity contribution in [1.29, 1.82) is 0 Å². The quantitative estimate of drug-likeness (QED) is 0.887. The Kier molecular flexibility index (Phi) is 4.29. The minimum absolute atomic E-state index is 0.555. The molecule has 0 spiro atoms. The lowest BCUT2D eigenvalue weighted by Gasteiger charge is -2.09. The van der Waals surface area contributed by atoms with E-state index in [1.54, 1.807) is 12.1 Å². The summed E-state index contributed by atoms with van der Waals surface area (Å²) in [6.07, 6.45) is 2.15. The lowest BCUT2D eigenvalue weighted by molar-refractivity contribution is 0.607. The number of sulfonamides is 1. The molecule has 0 heterocycles. The molecule has 2 N–H and O–H groups in total. The Bertz CT molecular complexity index is 662. The Morgan fingerprint density at radius 3 is 1.75 bits per heavy atom. The van der Waals surface area contributed by atoms with E-state index < -0.39 is 10.0 Å². The molecule has 0 amide bonds. The Morgan fingerprint density at radius 2 is 1.30 bits per heavy atom. The molecule has 0 aliphatic carbocycles. The van der Waals surface area contributed by atoms with E-state index in [1.165, 1.54) is 5.56 Å². The second-order valence-corrected chi connectivity index (χ2v) is 6.38. The summed E-state index contributed by atoms with van der Waals surface area (Å²) in [6, 6.07) is 15.4. The van der Waals surface area contributed by atoms with Crippen LogP contribution in [0.4, 0.5) is 17.1 Å². The van der Waals surface area contributed by atoms with Gasteiger partial charge in [-0.15, -0.1) is 0 Å². The van der Waals surface area contributed by atoms with E-state index in [0.29, 0.717) is 5.69 Å². The summed E-state index contributed by atoms with van der Waals surface area (Å²) in [5.41, 5.74) is 3.77. The first-order chi connectivity index (χ1) is 9.46. The van der Waals surface area contributed by atoms with Crippen molar-refractivity contribution in [2.24, 2.45) is 0 Å². The molecule has 2 rings (SSSR count). The van der Waals surface area contributed by atoms with Crippen LogP contribution in [0.15, 0.2) is 48.5 Å². The van der Waals surface area contributed by atoms with Crippen LogP contribution in [-0.4, -0.2) is 14.7 Å². The predicted octanol–water partition coefficient (Wildman–Crippen LogP) is 3.36. The number of hydrogen-bond donors (Lipinski definition) is 2. The molecule has 0 atom stereocenters. The van der Waals surface area contributed by atoms with E-state index in [2.05, 4.69) is 29.1 Å². The van der Waals surface area contributed by atoms with E-state index >= 15 is 0 Å². The largest absolute Gasteiger partial charge is 0.356 e. The summed E-state index contributed by atoms with van der Waals surface area (Å²) in [7, 11) is -3.23. The molecule has 0 fully saturated rings. The van der Waals surface area contributed by atoms with Crippen LogP contribution in [0.25, 0.3) is 0 Å². The molecule has 2 aromatic carbocycles. The second-order valence-electron chi connectivity index (χ2n) is 4.63. The zero-order valence-corrected chi connectivity index (χ0v) is 12.4. The number of anilines is 3. The number of nitrogens with one attached hydrogen (secondary N) is 2. The van der Waals surface area contributed by atoms with Crippen LogP contribution in [-0.2, 0) is 16.4 Å². The Labute approximate surface area is 119 Å². The van der Waals surface area contributed by atoms with Gasteiger partial charge in [-0.3, -0.25) is 4.72 Å². The van der Waals surface area contributed by atoms with Gasteiger partial charge in [0.05, 0.1) is 6.26 Å². The van der Waals surface area contributed by atoms with Crippen molar-refractivity contribution < 1.29 is 8.42 Å². The van der Waals surface area contributed by atoms with Crippen molar-refractivity contribution in [3.63, 3.8) is 0 Å². The summed E-state index contributed by atoms with van der Waals surface area (Å²) in [5.74, 6) is 0. The zero-order chi connectivity index (χ0) is 14.6. The van der Waals surface area contributed by atoms with Crippen LogP contribution in [0.1, 0.15) is 12.5 Å². The monoisotopic (exact) mass is 290 g/mol. The maximum absolute atomic E-state index is 11.1. The van der Waals surface area contributed by atoms with E-state index in [4.69, 9.17) is 0 Å². The third-order valence-electron chi connectivity index (χ3n) is 2.84. The van der Waals surface area contributed by atoms with E-state index in [-0.39, 0.29) is 0 Å². The SMILES string of the molecule is CCc1ccc(Nc2ccc(NS(C)(=O)=O)cc2)cc1. The summed E-state index contributed by atoms with van der Waals surface area (Å²) in [5, 5.41) is 3.27. The fourth-order valence-corrected chi connectivity index (χ4v) is 2.39. The fraction of sp³-hybridized carbons (Fsp3) is 0.200. The molecule has 106 valence electrons. The first-order valence-corrected chi connectivity index (χ1v) is 8.29. The first kappa shape index (κ1) is 14.4. The molecule has 0 saturated carbocycles. The molecule has 0 saturated heterocycles. The number of benzene rings is 2. The van der Waals surface area contributed by atoms with Crippen molar-refractivity contribution in [3.8, 4) is 0 Å². The van der Waals surface area contributed by atoms with Crippen LogP contribution in [0.3, 0.4) is 0 Å². The highest BCUT2D eigenvalue weighted by Gasteiger charge is 2.01. The molecule has 20 heavy (non-hydrogen) atoms. The van der Waals surface area contributed by atoms with E-state index in [1.807, 2.05) is 24.3 Å². The van der Waals surface area contributed by atoms with E-state index in [0.717, 1.165) is 24.1 Å². The summed E-state index contributed by atoms with van der Waals surface area (Å²) in [4.78, 5) is 0. The summed E-state index contributed by atoms with van der Waals surface area (Å²) >= 11 is 0. The van der Waals surface area contributed by atoms with Crippen molar-refractivity contribution in [3.05, 3.63) is 54.1 Å². The Hall–Kier alpha value is -2.01. The molecule has 4 nitrogen and oxygen atoms in total. The smallest absolute Gasteiger partial charge is 0.229 e. The Balaban J connectivity index is 2.06. The fourth-order valence-electron chi connectivity index (χ4n) is 1.83. The Morgan fingerprint density at radius 1 is 0.850 bits per heavy atom. The van der Waals surface area contributed by atoms with Gasteiger partial charge in [-0.25, -0.2) is 8.42 Å².